The highest BCUT2D eigenvalue weighted by Crippen LogP contribution is 2.29. The van der Waals surface area contributed by atoms with E-state index in [0.29, 0.717) is 13.1 Å². The van der Waals surface area contributed by atoms with E-state index in [4.69, 9.17) is 4.74 Å². The van der Waals surface area contributed by atoms with E-state index in [2.05, 4.69) is 15.5 Å². The molecule has 7 nitrogen and oxygen atoms in total. The number of carbonyl (C=O) groups is 2. The van der Waals surface area contributed by atoms with E-state index >= 15 is 0 Å². The van der Waals surface area contributed by atoms with Crippen LogP contribution in [-0.2, 0) is 10.9 Å². The Kier molecular flexibility index (Phi) is 8.55. The zero-order valence-electron chi connectivity index (χ0n) is 18.2. The molecule has 1 aromatic carbocycles. The Balaban J connectivity index is 1.94. The lowest BCUT2D eigenvalue weighted by atomic mass is 10.2. The van der Waals surface area contributed by atoms with Crippen LogP contribution in [0.2, 0.25) is 0 Å². The molecule has 1 aliphatic rings. The number of ether oxygens (including phenoxy) is 1. The van der Waals surface area contributed by atoms with Crippen LogP contribution < -0.4 is 10.6 Å². The van der Waals surface area contributed by atoms with E-state index in [-0.39, 0.29) is 18.8 Å². The smallest absolute Gasteiger partial charge is 0.416 e. The number of alkyl halides is 3. The number of nitrogens with zero attached hydrogens (tertiary/aromatic N) is 2. The molecule has 1 saturated heterocycles. The number of likely N-dealkylation sites (tertiary alicyclic amines) is 1. The lowest BCUT2D eigenvalue weighted by Gasteiger charge is -2.26. The summed E-state index contributed by atoms with van der Waals surface area (Å²) in [5.74, 6) is 0. The molecular weight excluding hydrogens is 413 g/mol. The average molecular weight is 444 g/mol. The maximum absolute atomic E-state index is 12.7. The van der Waals surface area contributed by atoms with Crippen LogP contribution in [0.15, 0.2) is 24.3 Å². The zero-order chi connectivity index (χ0) is 23.1. The third kappa shape index (κ3) is 9.04. The molecule has 0 saturated carbocycles. The molecule has 1 aliphatic heterocycles. The van der Waals surface area contributed by atoms with Gasteiger partial charge in [-0.25, -0.2) is 9.59 Å². The van der Waals surface area contributed by atoms with Crippen LogP contribution in [0, 0.1) is 0 Å². The molecule has 31 heavy (non-hydrogen) atoms. The third-order valence-electron chi connectivity index (χ3n) is 4.69. The van der Waals surface area contributed by atoms with E-state index in [0.717, 1.165) is 38.1 Å². The monoisotopic (exact) mass is 444 g/mol. The van der Waals surface area contributed by atoms with E-state index in [9.17, 15) is 22.8 Å². The SMILES string of the molecule is CC(C)(C)OC(=O)NCCN(CCN1CCCC1)C(=O)Nc1ccc(C(F)(F)F)cc1. The maximum atomic E-state index is 12.7. The van der Waals surface area contributed by atoms with Gasteiger partial charge in [0.2, 0.25) is 0 Å². The fourth-order valence-electron chi connectivity index (χ4n) is 3.14. The first-order valence-corrected chi connectivity index (χ1v) is 10.4. The second-order valence-corrected chi connectivity index (χ2v) is 8.47. The Hall–Kier alpha value is -2.49. The van der Waals surface area contributed by atoms with Crippen molar-refractivity contribution in [2.75, 3.05) is 44.6 Å². The Morgan fingerprint density at radius 2 is 1.68 bits per heavy atom. The Morgan fingerprint density at radius 3 is 2.23 bits per heavy atom. The first kappa shape index (κ1) is 24.8. The van der Waals surface area contributed by atoms with Crippen LogP contribution in [0.3, 0.4) is 0 Å². The second-order valence-electron chi connectivity index (χ2n) is 8.47. The summed E-state index contributed by atoms with van der Waals surface area (Å²) in [4.78, 5) is 28.3. The highest BCUT2D eigenvalue weighted by atomic mass is 19.4. The van der Waals surface area contributed by atoms with Gasteiger partial charge >= 0.3 is 18.3 Å². The lowest BCUT2D eigenvalue weighted by Crippen LogP contribution is -2.44. The minimum atomic E-state index is -4.43. The molecule has 0 atom stereocenters. The summed E-state index contributed by atoms with van der Waals surface area (Å²) in [6.07, 6.45) is -2.76. The molecule has 2 N–H and O–H groups in total. The number of carbonyl (C=O) groups excluding carboxylic acids is 2. The molecule has 3 amide bonds. The molecule has 0 bridgehead atoms. The minimum absolute atomic E-state index is 0.190. The summed E-state index contributed by atoms with van der Waals surface area (Å²) in [6.45, 7) is 8.77. The van der Waals surface area contributed by atoms with Crippen LogP contribution in [0.4, 0.5) is 28.4 Å². The second kappa shape index (κ2) is 10.7. The molecule has 1 heterocycles. The molecule has 0 unspecified atom stereocenters. The summed E-state index contributed by atoms with van der Waals surface area (Å²) in [7, 11) is 0. The molecule has 0 aliphatic carbocycles. The van der Waals surface area contributed by atoms with Gasteiger partial charge in [0.05, 0.1) is 5.56 Å². The van der Waals surface area contributed by atoms with Crippen molar-refractivity contribution >= 4 is 17.8 Å². The standard InChI is InChI=1S/C21H31F3N4O3/c1-20(2,3)31-19(30)25-10-13-28(15-14-27-11-4-5-12-27)18(29)26-17-8-6-16(7-9-17)21(22,23)24/h6-9H,4-5,10-15H2,1-3H3,(H,25,30)(H,26,29). The van der Waals surface area contributed by atoms with E-state index < -0.39 is 29.5 Å². The van der Waals surface area contributed by atoms with Gasteiger partial charge in [0.25, 0.3) is 0 Å². The van der Waals surface area contributed by atoms with Crippen LogP contribution in [0.5, 0.6) is 0 Å². The minimum Gasteiger partial charge on any atom is -0.444 e. The van der Waals surface area contributed by atoms with Crippen LogP contribution >= 0.6 is 0 Å². The highest BCUT2D eigenvalue weighted by Gasteiger charge is 2.30. The Morgan fingerprint density at radius 1 is 1.06 bits per heavy atom. The topological polar surface area (TPSA) is 73.9 Å². The number of anilines is 1. The first-order valence-electron chi connectivity index (χ1n) is 10.4. The van der Waals surface area contributed by atoms with Crippen molar-refractivity contribution in [3.63, 3.8) is 0 Å². The predicted octanol–water partition coefficient (Wildman–Crippen LogP) is 4.16. The molecule has 174 valence electrons. The van der Waals surface area contributed by atoms with Gasteiger partial charge in [0.15, 0.2) is 0 Å². The van der Waals surface area contributed by atoms with E-state index in [1.165, 1.54) is 17.0 Å². The van der Waals surface area contributed by atoms with Crippen molar-refractivity contribution in [2.45, 2.75) is 45.4 Å². The normalized spacial score (nSPS) is 14.9. The van der Waals surface area contributed by atoms with Crippen molar-refractivity contribution in [3.05, 3.63) is 29.8 Å². The zero-order valence-corrected chi connectivity index (χ0v) is 18.2. The number of urea groups is 1. The quantitative estimate of drug-likeness (QED) is 0.662. The number of nitrogens with one attached hydrogen (secondary N) is 2. The van der Waals surface area contributed by atoms with Crippen LogP contribution in [0.1, 0.15) is 39.2 Å². The van der Waals surface area contributed by atoms with Crippen molar-refractivity contribution < 1.29 is 27.5 Å². The number of hydrogen-bond donors (Lipinski definition) is 2. The largest absolute Gasteiger partial charge is 0.444 e. The van der Waals surface area contributed by atoms with Gasteiger partial charge in [-0.2, -0.15) is 13.2 Å². The first-order chi connectivity index (χ1) is 14.4. The van der Waals surface area contributed by atoms with Gasteiger partial charge in [-0.05, 0) is 71.0 Å². The van der Waals surface area contributed by atoms with Gasteiger partial charge in [0.1, 0.15) is 5.60 Å². The summed E-state index contributed by atoms with van der Waals surface area (Å²) >= 11 is 0. The molecule has 2 rings (SSSR count). The van der Waals surface area contributed by atoms with Gasteiger partial charge < -0.3 is 25.2 Å². The molecule has 1 aromatic rings. The van der Waals surface area contributed by atoms with Gasteiger partial charge in [-0.15, -0.1) is 0 Å². The number of hydrogen-bond acceptors (Lipinski definition) is 4. The fraction of sp³-hybridized carbons (Fsp3) is 0.619. The van der Waals surface area contributed by atoms with Crippen molar-refractivity contribution in [2.24, 2.45) is 0 Å². The average Bonchev–Trinajstić information content (AvgIpc) is 3.16. The summed E-state index contributed by atoms with van der Waals surface area (Å²) in [5, 5.41) is 5.25. The predicted molar refractivity (Wildman–Crippen MR) is 112 cm³/mol. The Labute approximate surface area is 180 Å². The van der Waals surface area contributed by atoms with Gasteiger partial charge in [-0.3, -0.25) is 0 Å². The lowest BCUT2D eigenvalue weighted by molar-refractivity contribution is -0.137. The molecule has 0 radical (unpaired) electrons. The fourth-order valence-corrected chi connectivity index (χ4v) is 3.14. The van der Waals surface area contributed by atoms with Crippen molar-refractivity contribution in [1.82, 2.24) is 15.1 Å². The van der Waals surface area contributed by atoms with E-state index in [1.54, 1.807) is 20.8 Å². The number of halogens is 3. The summed E-state index contributed by atoms with van der Waals surface area (Å²) < 4.78 is 43.3. The van der Waals surface area contributed by atoms with Gasteiger partial charge in [-0.1, -0.05) is 0 Å². The van der Waals surface area contributed by atoms with Crippen LogP contribution in [-0.4, -0.2) is 66.8 Å². The number of amides is 3. The third-order valence-corrected chi connectivity index (χ3v) is 4.69. The Bertz CT molecular complexity index is 727. The molecule has 0 aromatic heterocycles. The summed E-state index contributed by atoms with van der Waals surface area (Å²) in [5.41, 5.74) is -1.14. The van der Waals surface area contributed by atoms with Crippen LogP contribution in [0.25, 0.3) is 0 Å². The van der Waals surface area contributed by atoms with Gasteiger partial charge in [0, 0.05) is 31.9 Å². The molecule has 0 spiro atoms. The molecular formula is C21H31F3N4O3. The van der Waals surface area contributed by atoms with E-state index in [1.807, 2.05) is 0 Å². The highest BCUT2D eigenvalue weighted by molar-refractivity contribution is 5.89. The molecule has 10 heteroatoms. The maximum Gasteiger partial charge on any atom is 0.416 e. The number of alkyl carbamates (subject to hydrolysis) is 1. The summed E-state index contributed by atoms with van der Waals surface area (Å²) in [6, 6.07) is 3.85. The number of benzene rings is 1. The van der Waals surface area contributed by atoms with Crippen molar-refractivity contribution in [3.8, 4) is 0 Å². The number of rotatable bonds is 7. The van der Waals surface area contributed by atoms with Crippen molar-refractivity contribution in [1.29, 1.82) is 0 Å². The molecule has 1 fully saturated rings.